The number of hydrogen-bond donors (Lipinski definition) is 7. The fraction of sp³-hybridized carbons (Fsp3) is 0.500. The van der Waals surface area contributed by atoms with Gasteiger partial charge in [-0.2, -0.15) is 11.8 Å². The molecule has 0 saturated heterocycles. The number of hydrogen-bond acceptors (Lipinski definition) is 8. The van der Waals surface area contributed by atoms with Crippen molar-refractivity contribution >= 4 is 35.5 Å². The predicted octanol–water partition coefficient (Wildman–Crippen LogP) is 0.566. The number of aliphatic carboxylic acids is 1. The summed E-state index contributed by atoms with van der Waals surface area (Å²) in [4.78, 5) is 57.7. The number of aromatic hydroxyl groups is 1. The Morgan fingerprint density at radius 3 is 2.15 bits per heavy atom. The van der Waals surface area contributed by atoms with E-state index in [9.17, 15) is 29.4 Å². The molecule has 0 radical (unpaired) electrons. The third-order valence-corrected chi connectivity index (χ3v) is 6.55. The molecule has 1 aromatic carbocycles. The molecule has 0 aliphatic rings. The highest BCUT2D eigenvalue weighted by Gasteiger charge is 2.31. The van der Waals surface area contributed by atoms with Crippen LogP contribution in [-0.4, -0.2) is 80.0 Å². The Hall–Kier alpha value is -3.58. The summed E-state index contributed by atoms with van der Waals surface area (Å²) in [6.07, 6.45) is 5.52. The average molecular weight is 563 g/mol. The quantitative estimate of drug-likeness (QED) is 0.153. The summed E-state index contributed by atoms with van der Waals surface area (Å²) in [6, 6.07) is 2.19. The SMILES string of the molecule is CSCCC(NC(=O)C(N)Cc1ccc(O)cc1)C(=O)NC(CC(C)C)C(=O)NC(Cc1cnc[nH]1)C(=O)O. The Bertz CT molecular complexity index is 1080. The second-order valence-corrected chi connectivity index (χ2v) is 10.7. The number of phenols is 1. The van der Waals surface area contributed by atoms with Crippen molar-refractivity contribution in [1.29, 1.82) is 0 Å². The van der Waals surface area contributed by atoms with Gasteiger partial charge in [0.2, 0.25) is 17.7 Å². The van der Waals surface area contributed by atoms with Crippen LogP contribution < -0.4 is 21.7 Å². The first-order valence-corrected chi connectivity index (χ1v) is 14.0. The summed E-state index contributed by atoms with van der Waals surface area (Å²) in [5.74, 6) is -2.27. The van der Waals surface area contributed by atoms with Crippen LogP contribution in [0.4, 0.5) is 0 Å². The molecule has 1 heterocycles. The van der Waals surface area contributed by atoms with E-state index < -0.39 is 47.9 Å². The first-order valence-electron chi connectivity index (χ1n) is 12.6. The lowest BCUT2D eigenvalue weighted by atomic mass is 10.0. The van der Waals surface area contributed by atoms with Crippen LogP contribution in [-0.2, 0) is 32.0 Å². The van der Waals surface area contributed by atoms with Crippen LogP contribution in [0.1, 0.15) is 37.9 Å². The zero-order valence-corrected chi connectivity index (χ0v) is 23.2. The first kappa shape index (κ1) is 31.6. The fourth-order valence-corrected chi connectivity index (χ4v) is 4.30. The van der Waals surface area contributed by atoms with Crippen molar-refractivity contribution < 1.29 is 29.4 Å². The van der Waals surface area contributed by atoms with Gasteiger partial charge in [0.25, 0.3) is 0 Å². The largest absolute Gasteiger partial charge is 0.508 e. The molecular formula is C26H38N6O6S. The molecule has 3 amide bonds. The molecule has 1 aromatic heterocycles. The highest BCUT2D eigenvalue weighted by Crippen LogP contribution is 2.12. The van der Waals surface area contributed by atoms with Crippen LogP contribution in [0, 0.1) is 5.92 Å². The summed E-state index contributed by atoms with van der Waals surface area (Å²) < 4.78 is 0. The Labute approximate surface area is 231 Å². The zero-order valence-electron chi connectivity index (χ0n) is 22.3. The number of nitrogens with zero attached hydrogens (tertiary/aromatic N) is 1. The van der Waals surface area contributed by atoms with E-state index in [0.717, 1.165) is 5.56 Å². The lowest BCUT2D eigenvalue weighted by molar-refractivity contribution is -0.142. The predicted molar refractivity (Wildman–Crippen MR) is 148 cm³/mol. The van der Waals surface area contributed by atoms with Gasteiger partial charge < -0.3 is 36.9 Å². The van der Waals surface area contributed by atoms with Gasteiger partial charge in [-0.1, -0.05) is 26.0 Å². The maximum Gasteiger partial charge on any atom is 0.326 e. The summed E-state index contributed by atoms with van der Waals surface area (Å²) >= 11 is 1.50. The number of amides is 3. The fourth-order valence-electron chi connectivity index (χ4n) is 3.83. The number of nitrogens with two attached hydrogens (primary N) is 1. The molecule has 4 atom stereocenters. The smallest absolute Gasteiger partial charge is 0.326 e. The van der Waals surface area contributed by atoms with E-state index in [-0.39, 0.29) is 30.9 Å². The van der Waals surface area contributed by atoms with E-state index in [0.29, 0.717) is 17.9 Å². The Morgan fingerprint density at radius 2 is 1.59 bits per heavy atom. The van der Waals surface area contributed by atoms with E-state index in [1.807, 2.05) is 20.1 Å². The van der Waals surface area contributed by atoms with Crippen molar-refractivity contribution in [2.45, 2.75) is 63.7 Å². The molecule has 2 aromatic rings. The van der Waals surface area contributed by atoms with Gasteiger partial charge in [0, 0.05) is 18.3 Å². The summed E-state index contributed by atoms with van der Waals surface area (Å²) in [6.45, 7) is 3.75. The van der Waals surface area contributed by atoms with E-state index in [1.165, 1.54) is 36.4 Å². The van der Waals surface area contributed by atoms with Crippen molar-refractivity contribution in [2.24, 2.45) is 11.7 Å². The molecule has 214 valence electrons. The molecule has 0 bridgehead atoms. The summed E-state index contributed by atoms with van der Waals surface area (Å²) in [5, 5.41) is 27.0. The van der Waals surface area contributed by atoms with Gasteiger partial charge in [-0.25, -0.2) is 9.78 Å². The van der Waals surface area contributed by atoms with Crippen LogP contribution in [0.2, 0.25) is 0 Å². The number of imidazole rings is 1. The molecule has 0 aliphatic carbocycles. The molecule has 0 fully saturated rings. The highest BCUT2D eigenvalue weighted by atomic mass is 32.2. The number of thioether (sulfide) groups is 1. The topological polar surface area (TPSA) is 200 Å². The molecule has 0 spiro atoms. The zero-order chi connectivity index (χ0) is 28.9. The number of carboxylic acids is 1. The van der Waals surface area contributed by atoms with Gasteiger partial charge in [-0.3, -0.25) is 14.4 Å². The number of benzene rings is 1. The molecule has 4 unspecified atom stereocenters. The summed E-state index contributed by atoms with van der Waals surface area (Å²) in [7, 11) is 0. The monoisotopic (exact) mass is 562 g/mol. The van der Waals surface area contributed by atoms with E-state index >= 15 is 0 Å². The number of carbonyl (C=O) groups excluding carboxylic acids is 3. The standard InChI is InChI=1S/C26H38N6O6S/c1-15(2)10-21(25(36)32-22(26(37)38)12-17-13-28-14-29-17)31-24(35)20(8-9-39-3)30-23(34)19(27)11-16-4-6-18(33)7-5-16/h4-7,13-15,19-22,33H,8-12,27H2,1-3H3,(H,28,29)(H,30,34)(H,31,35)(H,32,36)(H,37,38). The molecule has 0 saturated carbocycles. The van der Waals surface area contributed by atoms with Gasteiger partial charge in [0.15, 0.2) is 0 Å². The third-order valence-electron chi connectivity index (χ3n) is 5.91. The van der Waals surface area contributed by atoms with Crippen molar-refractivity contribution in [3.63, 3.8) is 0 Å². The molecular weight excluding hydrogens is 524 g/mol. The Balaban J connectivity index is 2.09. The van der Waals surface area contributed by atoms with Crippen LogP contribution in [0.25, 0.3) is 0 Å². The second kappa shape index (κ2) is 15.7. The minimum Gasteiger partial charge on any atom is -0.508 e. The Morgan fingerprint density at radius 1 is 0.974 bits per heavy atom. The minimum atomic E-state index is -1.23. The van der Waals surface area contributed by atoms with Gasteiger partial charge in [-0.05, 0) is 54.9 Å². The van der Waals surface area contributed by atoms with Crippen LogP contribution in [0.3, 0.4) is 0 Å². The molecule has 13 heteroatoms. The maximum absolute atomic E-state index is 13.3. The van der Waals surface area contributed by atoms with Crippen LogP contribution >= 0.6 is 11.8 Å². The number of carbonyl (C=O) groups is 4. The Kier molecular flexibility index (Phi) is 12.8. The maximum atomic E-state index is 13.3. The minimum absolute atomic E-state index is 0.00521. The highest BCUT2D eigenvalue weighted by molar-refractivity contribution is 7.98. The number of nitrogens with one attached hydrogen (secondary N) is 4. The number of H-pyrrole nitrogens is 1. The number of aromatic amines is 1. The number of aromatic nitrogens is 2. The van der Waals surface area contributed by atoms with Crippen molar-refractivity contribution in [3.05, 3.63) is 48.0 Å². The molecule has 2 rings (SSSR count). The first-order chi connectivity index (χ1) is 18.5. The van der Waals surface area contributed by atoms with Crippen molar-refractivity contribution in [2.75, 3.05) is 12.0 Å². The molecule has 8 N–H and O–H groups in total. The van der Waals surface area contributed by atoms with E-state index in [1.54, 1.807) is 12.1 Å². The van der Waals surface area contributed by atoms with Crippen LogP contribution in [0.15, 0.2) is 36.8 Å². The molecule has 12 nitrogen and oxygen atoms in total. The number of rotatable bonds is 16. The normalized spacial score (nSPS) is 14.2. The average Bonchev–Trinajstić information content (AvgIpc) is 3.39. The van der Waals surface area contributed by atoms with Crippen molar-refractivity contribution in [3.8, 4) is 5.75 Å². The molecule has 39 heavy (non-hydrogen) atoms. The molecule has 0 aliphatic heterocycles. The number of carboxylic acid groups (broad SMARTS) is 1. The van der Waals surface area contributed by atoms with E-state index in [4.69, 9.17) is 5.73 Å². The second-order valence-electron chi connectivity index (χ2n) is 9.69. The van der Waals surface area contributed by atoms with Gasteiger partial charge in [-0.15, -0.1) is 0 Å². The lowest BCUT2D eigenvalue weighted by Gasteiger charge is -2.26. The van der Waals surface area contributed by atoms with E-state index in [2.05, 4.69) is 25.9 Å². The third kappa shape index (κ3) is 11.0. The lowest BCUT2D eigenvalue weighted by Crippen LogP contribution is -2.57. The van der Waals surface area contributed by atoms with Gasteiger partial charge in [0.1, 0.15) is 23.9 Å². The summed E-state index contributed by atoms with van der Waals surface area (Å²) in [5.41, 5.74) is 7.37. The van der Waals surface area contributed by atoms with Gasteiger partial charge >= 0.3 is 5.97 Å². The van der Waals surface area contributed by atoms with Crippen LogP contribution in [0.5, 0.6) is 5.75 Å². The van der Waals surface area contributed by atoms with Gasteiger partial charge in [0.05, 0.1) is 12.4 Å². The number of phenolic OH excluding ortho intramolecular Hbond substituents is 1. The van der Waals surface area contributed by atoms with Crippen molar-refractivity contribution in [1.82, 2.24) is 25.9 Å².